The van der Waals surface area contributed by atoms with Crippen LogP contribution in [-0.2, 0) is 27.9 Å². The summed E-state index contributed by atoms with van der Waals surface area (Å²) in [5.74, 6) is -0.304. The number of hydrogen-bond donors (Lipinski definition) is 1. The second-order valence-corrected chi connectivity index (χ2v) is 21.1. The summed E-state index contributed by atoms with van der Waals surface area (Å²) in [7, 11) is 1.69. The molecule has 0 aliphatic carbocycles. The van der Waals surface area contributed by atoms with E-state index in [1.807, 2.05) is 21.1 Å². The van der Waals surface area contributed by atoms with Gasteiger partial charge in [0.25, 0.3) is 0 Å². The molecule has 0 amide bonds. The molecule has 0 radical (unpaired) electrons. The monoisotopic (exact) mass is 889 g/mol. The van der Waals surface area contributed by atoms with Crippen molar-refractivity contribution in [1.82, 2.24) is 0 Å². The largest absolute Gasteiger partial charge is 0.472 e. The number of esters is 1. The van der Waals surface area contributed by atoms with E-state index in [0.29, 0.717) is 24.1 Å². The molecule has 0 spiro atoms. The number of carbonyl (C=O) groups is 1. The summed E-state index contributed by atoms with van der Waals surface area (Å²) in [6.45, 7) is 5.71. The Morgan fingerprint density at radius 2 is 0.754 bits per heavy atom. The van der Waals surface area contributed by atoms with Crippen LogP contribution in [0.1, 0.15) is 271 Å². The van der Waals surface area contributed by atoms with Crippen LogP contribution in [0.15, 0.2) is 0 Å². The van der Waals surface area contributed by atoms with Crippen molar-refractivity contribution in [3.8, 4) is 0 Å². The van der Waals surface area contributed by atoms with Crippen LogP contribution in [0, 0.1) is 0 Å². The molecule has 0 saturated carbocycles. The number of nitrogens with zero attached hydrogens (tertiary/aromatic N) is 1. The zero-order valence-corrected chi connectivity index (χ0v) is 42.6. The highest BCUT2D eigenvalue weighted by Gasteiger charge is 2.26. The summed E-state index contributed by atoms with van der Waals surface area (Å²) in [5.41, 5.74) is 0. The van der Waals surface area contributed by atoms with Gasteiger partial charge in [-0.1, -0.05) is 251 Å². The first-order valence-electron chi connectivity index (χ1n) is 26.8. The maximum atomic E-state index is 12.8. The zero-order chi connectivity index (χ0) is 44.8. The standard InChI is InChI=1S/C52H106NO7P/c1-6-8-10-12-14-16-18-20-22-24-25-26-27-28-29-31-33-35-37-39-41-43-45-52(54)60-51(50-59-61(55,56)58-48-46-53(3,4)5)49-57-47-44-42-40-38-36-34-32-30-23-21-19-17-15-13-11-9-7-2/h51H,6-50H2,1-5H3/p+1. The summed E-state index contributed by atoms with van der Waals surface area (Å²) in [6.07, 6.45) is 51.5. The Labute approximate surface area is 380 Å². The van der Waals surface area contributed by atoms with E-state index in [4.69, 9.17) is 18.5 Å². The highest BCUT2D eigenvalue weighted by molar-refractivity contribution is 7.47. The minimum atomic E-state index is -4.27. The van der Waals surface area contributed by atoms with Crippen molar-refractivity contribution in [2.45, 2.75) is 277 Å². The van der Waals surface area contributed by atoms with Crippen molar-refractivity contribution >= 4 is 13.8 Å². The first-order chi connectivity index (χ1) is 29.6. The minimum Gasteiger partial charge on any atom is -0.457 e. The van der Waals surface area contributed by atoms with Gasteiger partial charge in [-0.2, -0.15) is 0 Å². The van der Waals surface area contributed by atoms with Crippen molar-refractivity contribution in [2.24, 2.45) is 0 Å². The maximum Gasteiger partial charge on any atom is 0.472 e. The van der Waals surface area contributed by atoms with Crippen LogP contribution in [0.3, 0.4) is 0 Å². The smallest absolute Gasteiger partial charge is 0.457 e. The molecule has 0 rings (SSSR count). The van der Waals surface area contributed by atoms with Crippen LogP contribution in [0.25, 0.3) is 0 Å². The Balaban J connectivity index is 4.05. The molecule has 0 aliphatic rings. The second kappa shape index (κ2) is 46.0. The lowest BCUT2D eigenvalue weighted by Gasteiger charge is -2.24. The summed E-state index contributed by atoms with van der Waals surface area (Å²) in [5, 5.41) is 0. The number of rotatable bonds is 51. The zero-order valence-electron chi connectivity index (χ0n) is 41.7. The molecule has 0 heterocycles. The van der Waals surface area contributed by atoms with Gasteiger partial charge >= 0.3 is 13.8 Å². The minimum absolute atomic E-state index is 0.0943. The SMILES string of the molecule is CCCCCCCCCCCCCCCCCCCCCCCCC(=O)OC(COCCCCCCCCCCCCCCCCCCC)COP(=O)(O)OCC[N+](C)(C)C. The molecule has 0 bridgehead atoms. The molecule has 0 aromatic heterocycles. The topological polar surface area (TPSA) is 91.3 Å². The molecule has 2 atom stereocenters. The summed E-state index contributed by atoms with van der Waals surface area (Å²) in [4.78, 5) is 23.0. The molecular formula is C52H107NO7P+. The number of ether oxygens (including phenoxy) is 2. The van der Waals surface area contributed by atoms with E-state index in [0.717, 1.165) is 32.1 Å². The Hall–Kier alpha value is -0.500. The molecule has 0 saturated heterocycles. The lowest BCUT2D eigenvalue weighted by molar-refractivity contribution is -0.870. The number of likely N-dealkylation sites (N-methyl/N-ethyl adjacent to an activating group) is 1. The quantitative estimate of drug-likeness (QED) is 0.0281. The van der Waals surface area contributed by atoms with Crippen LogP contribution < -0.4 is 0 Å². The molecule has 0 aliphatic heterocycles. The summed E-state index contributed by atoms with van der Waals surface area (Å²) in [6, 6.07) is 0. The van der Waals surface area contributed by atoms with Gasteiger partial charge in [0.2, 0.25) is 0 Å². The number of quaternary nitrogens is 1. The molecule has 0 aromatic rings. The average Bonchev–Trinajstić information content (AvgIpc) is 3.22. The number of phosphoric acid groups is 1. The van der Waals surface area contributed by atoms with Crippen LogP contribution >= 0.6 is 7.82 Å². The van der Waals surface area contributed by atoms with Crippen LogP contribution in [0.4, 0.5) is 0 Å². The molecule has 9 heteroatoms. The van der Waals surface area contributed by atoms with E-state index in [2.05, 4.69) is 13.8 Å². The van der Waals surface area contributed by atoms with Crippen molar-refractivity contribution in [1.29, 1.82) is 0 Å². The van der Waals surface area contributed by atoms with Gasteiger partial charge in [0.15, 0.2) is 0 Å². The first kappa shape index (κ1) is 60.5. The van der Waals surface area contributed by atoms with Crippen molar-refractivity contribution < 1.29 is 37.3 Å². The van der Waals surface area contributed by atoms with Gasteiger partial charge in [-0.15, -0.1) is 0 Å². The predicted molar refractivity (Wildman–Crippen MR) is 261 cm³/mol. The van der Waals surface area contributed by atoms with Gasteiger partial charge in [0.05, 0.1) is 34.4 Å². The summed E-state index contributed by atoms with van der Waals surface area (Å²) < 4.78 is 35.2. The van der Waals surface area contributed by atoms with Gasteiger partial charge < -0.3 is 18.9 Å². The lowest BCUT2D eigenvalue weighted by atomic mass is 10.0. The van der Waals surface area contributed by atoms with Gasteiger partial charge in [-0.3, -0.25) is 13.8 Å². The van der Waals surface area contributed by atoms with E-state index in [1.54, 1.807) is 0 Å². The van der Waals surface area contributed by atoms with Crippen molar-refractivity contribution in [3.63, 3.8) is 0 Å². The Kier molecular flexibility index (Phi) is 45.7. The molecule has 0 aromatic carbocycles. The first-order valence-corrected chi connectivity index (χ1v) is 28.3. The van der Waals surface area contributed by atoms with Crippen molar-refractivity contribution in [2.75, 3.05) is 54.1 Å². The number of unbranched alkanes of at least 4 members (excludes halogenated alkanes) is 37. The van der Waals surface area contributed by atoms with Gasteiger partial charge in [-0.25, -0.2) is 4.57 Å². The molecule has 61 heavy (non-hydrogen) atoms. The Morgan fingerprint density at radius 1 is 0.443 bits per heavy atom. The Morgan fingerprint density at radius 3 is 1.08 bits per heavy atom. The van der Waals surface area contributed by atoms with E-state index < -0.39 is 13.9 Å². The fourth-order valence-electron chi connectivity index (χ4n) is 8.03. The number of phosphoric ester groups is 1. The second-order valence-electron chi connectivity index (χ2n) is 19.6. The third-order valence-corrected chi connectivity index (χ3v) is 13.2. The molecule has 2 unspecified atom stereocenters. The van der Waals surface area contributed by atoms with Gasteiger partial charge in [0.1, 0.15) is 19.3 Å². The molecule has 0 fully saturated rings. The van der Waals surface area contributed by atoms with Crippen LogP contribution in [0.5, 0.6) is 0 Å². The summed E-state index contributed by atoms with van der Waals surface area (Å²) >= 11 is 0. The van der Waals surface area contributed by atoms with E-state index in [-0.39, 0.29) is 25.8 Å². The van der Waals surface area contributed by atoms with Gasteiger partial charge in [-0.05, 0) is 12.8 Å². The normalized spacial score (nSPS) is 13.5. The lowest BCUT2D eigenvalue weighted by Crippen LogP contribution is -2.37. The third-order valence-electron chi connectivity index (χ3n) is 12.2. The van der Waals surface area contributed by atoms with E-state index >= 15 is 0 Å². The van der Waals surface area contributed by atoms with Gasteiger partial charge in [0, 0.05) is 13.0 Å². The van der Waals surface area contributed by atoms with Crippen molar-refractivity contribution in [3.05, 3.63) is 0 Å². The highest BCUT2D eigenvalue weighted by atomic mass is 31.2. The Bertz CT molecular complexity index is 945. The highest BCUT2D eigenvalue weighted by Crippen LogP contribution is 2.43. The maximum absolute atomic E-state index is 12.8. The number of carbonyl (C=O) groups excluding carboxylic acids is 1. The third kappa shape index (κ3) is 50.4. The van der Waals surface area contributed by atoms with Crippen LogP contribution in [0.2, 0.25) is 0 Å². The molecule has 8 nitrogen and oxygen atoms in total. The predicted octanol–water partition coefficient (Wildman–Crippen LogP) is 16.4. The molecule has 1 N–H and O–H groups in total. The number of hydrogen-bond acceptors (Lipinski definition) is 6. The van der Waals surface area contributed by atoms with Crippen LogP contribution in [-0.4, -0.2) is 75.6 Å². The fourth-order valence-corrected chi connectivity index (χ4v) is 8.77. The molecule has 366 valence electrons. The van der Waals surface area contributed by atoms with E-state index in [1.165, 1.54) is 218 Å². The average molecular weight is 889 g/mol. The fraction of sp³-hybridized carbons (Fsp3) is 0.981. The van der Waals surface area contributed by atoms with E-state index in [9.17, 15) is 14.3 Å². The molecular weight excluding hydrogens is 782 g/mol.